The molecule has 1 rings (SSSR count). The first-order valence-corrected chi connectivity index (χ1v) is 5.49. The van der Waals surface area contributed by atoms with Gasteiger partial charge in [0.1, 0.15) is 0 Å². The molecule has 1 aliphatic heterocycles. The van der Waals surface area contributed by atoms with Gasteiger partial charge in [-0.1, -0.05) is 34.6 Å². The van der Waals surface area contributed by atoms with Gasteiger partial charge in [-0.05, 0) is 31.8 Å². The van der Waals surface area contributed by atoms with E-state index in [9.17, 15) is 0 Å². The van der Waals surface area contributed by atoms with Gasteiger partial charge in [0, 0.05) is 6.04 Å². The third kappa shape index (κ3) is 3.14. The molecule has 0 bridgehead atoms. The molecule has 1 nitrogen and oxygen atoms in total. The molecule has 0 aromatic carbocycles. The Balaban J connectivity index is 0.000000561. The van der Waals surface area contributed by atoms with E-state index >= 15 is 0 Å². The maximum Gasteiger partial charge on any atom is 0.0119 e. The van der Waals surface area contributed by atoms with E-state index in [0.717, 1.165) is 12.0 Å². The van der Waals surface area contributed by atoms with Crippen LogP contribution in [0.25, 0.3) is 0 Å². The predicted molar refractivity (Wildman–Crippen MR) is 56.5 cm³/mol. The van der Waals surface area contributed by atoms with E-state index in [1.54, 1.807) is 0 Å². The second kappa shape index (κ2) is 6.47. The summed E-state index contributed by atoms with van der Waals surface area (Å²) in [5, 5.41) is 0. The molecule has 0 radical (unpaired) electrons. The highest BCUT2D eigenvalue weighted by molar-refractivity contribution is 4.80. The fourth-order valence-corrected chi connectivity index (χ4v) is 2.00. The van der Waals surface area contributed by atoms with Gasteiger partial charge in [0.25, 0.3) is 0 Å². The van der Waals surface area contributed by atoms with Gasteiger partial charge in [0.05, 0.1) is 0 Å². The molecule has 74 valence electrons. The molecule has 1 atom stereocenters. The van der Waals surface area contributed by atoms with Crippen molar-refractivity contribution in [2.24, 2.45) is 5.92 Å². The Morgan fingerprint density at radius 2 is 1.92 bits per heavy atom. The molecule has 0 N–H and O–H groups in total. The average Bonchev–Trinajstić information content (AvgIpc) is 2.55. The van der Waals surface area contributed by atoms with Crippen molar-refractivity contribution in [3.05, 3.63) is 0 Å². The zero-order valence-corrected chi connectivity index (χ0v) is 9.43. The van der Waals surface area contributed by atoms with Crippen LogP contribution in [0.2, 0.25) is 0 Å². The normalized spacial score (nSPS) is 24.0. The molecule has 0 spiro atoms. The summed E-state index contributed by atoms with van der Waals surface area (Å²) < 4.78 is 0. The van der Waals surface area contributed by atoms with Crippen molar-refractivity contribution >= 4 is 0 Å². The van der Waals surface area contributed by atoms with Crippen LogP contribution in [0.5, 0.6) is 0 Å². The fourth-order valence-electron chi connectivity index (χ4n) is 2.00. The first-order chi connectivity index (χ1) is 5.75. The van der Waals surface area contributed by atoms with Gasteiger partial charge in [-0.25, -0.2) is 0 Å². The largest absolute Gasteiger partial charge is 0.300 e. The predicted octanol–water partition coefficient (Wildman–Crippen LogP) is 3.15. The van der Waals surface area contributed by atoms with E-state index in [2.05, 4.69) is 25.7 Å². The minimum atomic E-state index is 0.849. The first kappa shape index (κ1) is 12.0. The smallest absolute Gasteiger partial charge is 0.0119 e. The monoisotopic (exact) mass is 171 g/mol. The van der Waals surface area contributed by atoms with Crippen LogP contribution >= 0.6 is 0 Å². The van der Waals surface area contributed by atoms with Crippen molar-refractivity contribution in [1.29, 1.82) is 0 Å². The maximum absolute atomic E-state index is 2.60. The Bertz CT molecular complexity index is 99.2. The van der Waals surface area contributed by atoms with E-state index in [-0.39, 0.29) is 0 Å². The zero-order valence-electron chi connectivity index (χ0n) is 9.43. The summed E-state index contributed by atoms with van der Waals surface area (Å²) in [6.07, 6.45) is 2.84. The molecule has 0 aromatic heterocycles. The number of rotatable bonds is 2. The van der Waals surface area contributed by atoms with Crippen LogP contribution in [-0.4, -0.2) is 24.0 Å². The third-order valence-electron chi connectivity index (χ3n) is 2.59. The summed E-state index contributed by atoms with van der Waals surface area (Å²) in [5.41, 5.74) is 0. The fraction of sp³-hybridized carbons (Fsp3) is 1.00. The molecule has 1 aliphatic rings. The van der Waals surface area contributed by atoms with E-state index < -0.39 is 0 Å². The molecule has 12 heavy (non-hydrogen) atoms. The molecule has 1 heterocycles. The molecule has 0 amide bonds. The van der Waals surface area contributed by atoms with Crippen LogP contribution < -0.4 is 0 Å². The molecule has 1 unspecified atom stereocenters. The standard InChI is InChI=1S/C9H19N.C2H6/c1-4-10-7-5-6-9(10)8(2)3;1-2/h8-9H,4-7H2,1-3H3;1-2H3. The Kier molecular flexibility index (Phi) is 6.45. The zero-order chi connectivity index (χ0) is 9.56. The molecule has 0 saturated carbocycles. The van der Waals surface area contributed by atoms with Crippen LogP contribution in [0, 0.1) is 5.92 Å². The highest BCUT2D eigenvalue weighted by Crippen LogP contribution is 2.22. The van der Waals surface area contributed by atoms with Crippen molar-refractivity contribution in [2.75, 3.05) is 13.1 Å². The maximum atomic E-state index is 2.60. The number of nitrogens with zero attached hydrogens (tertiary/aromatic N) is 1. The summed E-state index contributed by atoms with van der Waals surface area (Å²) in [7, 11) is 0. The lowest BCUT2D eigenvalue weighted by Gasteiger charge is -2.25. The van der Waals surface area contributed by atoms with E-state index in [0.29, 0.717) is 0 Å². The molecular formula is C11H25N. The molecular weight excluding hydrogens is 146 g/mol. The van der Waals surface area contributed by atoms with E-state index in [1.807, 2.05) is 13.8 Å². The third-order valence-corrected chi connectivity index (χ3v) is 2.59. The Morgan fingerprint density at radius 1 is 1.33 bits per heavy atom. The van der Waals surface area contributed by atoms with Crippen molar-refractivity contribution in [1.82, 2.24) is 4.90 Å². The summed E-state index contributed by atoms with van der Waals surface area (Å²) in [5.74, 6) is 0.849. The number of hydrogen-bond donors (Lipinski definition) is 0. The van der Waals surface area contributed by atoms with Crippen LogP contribution in [0.15, 0.2) is 0 Å². The van der Waals surface area contributed by atoms with E-state index in [4.69, 9.17) is 0 Å². The van der Waals surface area contributed by atoms with Crippen LogP contribution in [-0.2, 0) is 0 Å². The lowest BCUT2D eigenvalue weighted by molar-refractivity contribution is 0.217. The Hall–Kier alpha value is -0.0400. The van der Waals surface area contributed by atoms with Gasteiger partial charge in [0.2, 0.25) is 0 Å². The molecule has 1 fully saturated rings. The number of likely N-dealkylation sites (tertiary alicyclic amines) is 1. The van der Waals surface area contributed by atoms with Crippen molar-refractivity contribution in [3.63, 3.8) is 0 Å². The molecule has 0 aromatic rings. The minimum Gasteiger partial charge on any atom is -0.300 e. The van der Waals surface area contributed by atoms with Gasteiger partial charge in [0.15, 0.2) is 0 Å². The lowest BCUT2D eigenvalue weighted by Crippen LogP contribution is -2.32. The first-order valence-electron chi connectivity index (χ1n) is 5.49. The second-order valence-corrected chi connectivity index (χ2v) is 3.58. The Morgan fingerprint density at radius 3 is 2.25 bits per heavy atom. The summed E-state index contributed by atoms with van der Waals surface area (Å²) in [6, 6.07) is 0.880. The molecule has 1 saturated heterocycles. The quantitative estimate of drug-likeness (QED) is 0.617. The average molecular weight is 171 g/mol. The number of hydrogen-bond acceptors (Lipinski definition) is 1. The Labute approximate surface area is 78.1 Å². The van der Waals surface area contributed by atoms with Gasteiger partial charge in [-0.15, -0.1) is 0 Å². The van der Waals surface area contributed by atoms with Crippen molar-refractivity contribution < 1.29 is 0 Å². The van der Waals surface area contributed by atoms with Crippen LogP contribution in [0.4, 0.5) is 0 Å². The SMILES string of the molecule is CC.CCN1CCCC1C(C)C. The van der Waals surface area contributed by atoms with Crippen molar-refractivity contribution in [2.45, 2.75) is 53.5 Å². The summed E-state index contributed by atoms with van der Waals surface area (Å²) >= 11 is 0. The topological polar surface area (TPSA) is 3.24 Å². The van der Waals surface area contributed by atoms with Gasteiger partial charge in [-0.2, -0.15) is 0 Å². The molecule has 0 aliphatic carbocycles. The van der Waals surface area contributed by atoms with Gasteiger partial charge < -0.3 is 4.90 Å². The summed E-state index contributed by atoms with van der Waals surface area (Å²) in [4.78, 5) is 2.60. The van der Waals surface area contributed by atoms with Crippen LogP contribution in [0.1, 0.15) is 47.5 Å². The highest BCUT2D eigenvalue weighted by Gasteiger charge is 2.24. The van der Waals surface area contributed by atoms with Gasteiger partial charge in [-0.3, -0.25) is 0 Å². The summed E-state index contributed by atoms with van der Waals surface area (Å²) in [6.45, 7) is 13.5. The lowest BCUT2D eigenvalue weighted by atomic mass is 10.0. The van der Waals surface area contributed by atoms with Crippen molar-refractivity contribution in [3.8, 4) is 0 Å². The van der Waals surface area contributed by atoms with E-state index in [1.165, 1.54) is 25.9 Å². The highest BCUT2D eigenvalue weighted by atomic mass is 15.2. The van der Waals surface area contributed by atoms with Gasteiger partial charge >= 0.3 is 0 Å². The minimum absolute atomic E-state index is 0.849. The second-order valence-electron chi connectivity index (χ2n) is 3.58. The van der Waals surface area contributed by atoms with Crippen LogP contribution in [0.3, 0.4) is 0 Å². The molecule has 1 heteroatoms.